The smallest absolute Gasteiger partial charge is 0.241 e. The molecule has 1 aliphatic rings. The number of benzene rings is 1. The maximum Gasteiger partial charge on any atom is 0.241 e. The highest BCUT2D eigenvalue weighted by molar-refractivity contribution is 5.83. The third-order valence-electron chi connectivity index (χ3n) is 3.33. The molecule has 0 spiro atoms. The Morgan fingerprint density at radius 3 is 2.84 bits per heavy atom. The Bertz CT molecular complexity index is 477. The Labute approximate surface area is 111 Å². The highest BCUT2D eigenvalue weighted by Gasteiger charge is 2.30. The van der Waals surface area contributed by atoms with E-state index >= 15 is 0 Å². The molecule has 1 aliphatic heterocycles. The Hall–Kier alpha value is -1.49. The second kappa shape index (κ2) is 5.65. The van der Waals surface area contributed by atoms with Crippen LogP contribution in [0.3, 0.4) is 0 Å². The van der Waals surface area contributed by atoms with Crippen LogP contribution in [0.5, 0.6) is 0 Å². The molecular formula is C14H17F2N2O. The van der Waals surface area contributed by atoms with Crippen molar-refractivity contribution in [3.05, 3.63) is 41.9 Å². The molecular weight excluding hydrogens is 250 g/mol. The van der Waals surface area contributed by atoms with Crippen LogP contribution < -0.4 is 0 Å². The fourth-order valence-corrected chi connectivity index (χ4v) is 2.30. The van der Waals surface area contributed by atoms with Gasteiger partial charge in [-0.2, -0.15) is 0 Å². The molecule has 19 heavy (non-hydrogen) atoms. The highest BCUT2D eigenvalue weighted by atomic mass is 19.1. The summed E-state index contributed by atoms with van der Waals surface area (Å²) in [5.74, 6) is -1.03. The summed E-state index contributed by atoms with van der Waals surface area (Å²) in [4.78, 5) is 14.9. The molecule has 0 aromatic heterocycles. The first-order valence-electron chi connectivity index (χ1n) is 6.26. The van der Waals surface area contributed by atoms with Crippen molar-refractivity contribution < 1.29 is 13.6 Å². The lowest BCUT2D eigenvalue weighted by Crippen LogP contribution is -2.32. The van der Waals surface area contributed by atoms with Crippen LogP contribution in [0.25, 0.3) is 0 Å². The van der Waals surface area contributed by atoms with Crippen molar-refractivity contribution >= 4 is 5.91 Å². The number of rotatable bonds is 3. The molecule has 1 atom stereocenters. The largest absolute Gasteiger partial charge is 0.347 e. The van der Waals surface area contributed by atoms with Crippen LogP contribution in [0.4, 0.5) is 8.78 Å². The van der Waals surface area contributed by atoms with Crippen molar-refractivity contribution in [2.24, 2.45) is 0 Å². The van der Waals surface area contributed by atoms with Crippen molar-refractivity contribution in [3.8, 4) is 0 Å². The van der Waals surface area contributed by atoms with Crippen LogP contribution in [0.15, 0.2) is 18.2 Å². The summed E-state index contributed by atoms with van der Waals surface area (Å²) in [6.07, 6.45) is 1.58. The van der Waals surface area contributed by atoms with Crippen LogP contribution in [0.1, 0.15) is 24.4 Å². The first-order chi connectivity index (χ1) is 8.99. The summed E-state index contributed by atoms with van der Waals surface area (Å²) in [6.45, 7) is 2.15. The first-order valence-corrected chi connectivity index (χ1v) is 6.26. The van der Waals surface area contributed by atoms with Crippen molar-refractivity contribution in [2.75, 3.05) is 20.6 Å². The summed E-state index contributed by atoms with van der Waals surface area (Å²) in [6, 6.07) is 3.19. The standard InChI is InChI=1S/C14H17F2N2O/c1-17(2)14(19)9-18-7-3-4-13(18)11-8-10(15)5-6-12(11)16/h5-6,8-9,13H,3-4,7H2,1-2H3/t13-/m1/s1. The lowest BCUT2D eigenvalue weighted by atomic mass is 10.0. The third-order valence-corrected chi connectivity index (χ3v) is 3.33. The van der Waals surface area contributed by atoms with Gasteiger partial charge in [0, 0.05) is 25.7 Å². The SMILES string of the molecule is CN(C)C(=O)[CH]N1CCC[C@@H]1c1cc(F)ccc1F. The molecule has 1 heterocycles. The average Bonchev–Trinajstić information content (AvgIpc) is 2.80. The van der Waals surface area contributed by atoms with Gasteiger partial charge in [-0.25, -0.2) is 8.78 Å². The minimum absolute atomic E-state index is 0.149. The van der Waals surface area contributed by atoms with Crippen molar-refractivity contribution in [1.82, 2.24) is 9.80 Å². The minimum atomic E-state index is -0.456. The second-order valence-corrected chi connectivity index (χ2v) is 4.92. The van der Waals surface area contributed by atoms with Crippen LogP contribution in [0, 0.1) is 18.2 Å². The van der Waals surface area contributed by atoms with Gasteiger partial charge in [0.25, 0.3) is 0 Å². The Morgan fingerprint density at radius 2 is 2.16 bits per heavy atom. The van der Waals surface area contributed by atoms with Crippen molar-refractivity contribution in [2.45, 2.75) is 18.9 Å². The predicted molar refractivity (Wildman–Crippen MR) is 68.0 cm³/mol. The summed E-state index contributed by atoms with van der Waals surface area (Å²) >= 11 is 0. The minimum Gasteiger partial charge on any atom is -0.347 e. The zero-order chi connectivity index (χ0) is 14.0. The van der Waals surface area contributed by atoms with E-state index in [0.717, 1.165) is 25.0 Å². The molecule has 1 amide bonds. The summed E-state index contributed by atoms with van der Waals surface area (Å²) in [5, 5.41) is 0. The molecule has 5 heteroatoms. The monoisotopic (exact) mass is 267 g/mol. The van der Waals surface area contributed by atoms with E-state index in [2.05, 4.69) is 0 Å². The van der Waals surface area contributed by atoms with E-state index in [0.29, 0.717) is 12.1 Å². The number of hydrogen-bond donors (Lipinski definition) is 0. The number of carbonyl (C=O) groups excluding carboxylic acids is 1. The van der Waals surface area contributed by atoms with Gasteiger partial charge in [0.05, 0.1) is 0 Å². The number of amides is 1. The van der Waals surface area contributed by atoms with E-state index in [-0.39, 0.29) is 11.9 Å². The number of nitrogens with zero attached hydrogens (tertiary/aromatic N) is 2. The summed E-state index contributed by atoms with van der Waals surface area (Å²) in [7, 11) is 3.32. The molecule has 1 aromatic carbocycles. The zero-order valence-electron chi connectivity index (χ0n) is 11.1. The highest BCUT2D eigenvalue weighted by Crippen LogP contribution is 2.34. The predicted octanol–water partition coefficient (Wildman–Crippen LogP) is 2.35. The van der Waals surface area contributed by atoms with Gasteiger partial charge in [0.1, 0.15) is 18.2 Å². The fraction of sp³-hybridized carbons (Fsp3) is 0.429. The van der Waals surface area contributed by atoms with Gasteiger partial charge in [-0.05, 0) is 37.6 Å². The molecule has 2 rings (SSSR count). The van der Waals surface area contributed by atoms with E-state index in [1.54, 1.807) is 19.0 Å². The van der Waals surface area contributed by atoms with Crippen molar-refractivity contribution in [3.63, 3.8) is 0 Å². The lowest BCUT2D eigenvalue weighted by molar-refractivity contribution is -0.127. The third kappa shape index (κ3) is 3.10. The van der Waals surface area contributed by atoms with Gasteiger partial charge in [-0.3, -0.25) is 9.69 Å². The van der Waals surface area contributed by atoms with Gasteiger partial charge in [-0.1, -0.05) is 0 Å². The van der Waals surface area contributed by atoms with Crippen LogP contribution in [-0.2, 0) is 4.79 Å². The quantitative estimate of drug-likeness (QED) is 0.839. The molecule has 1 aromatic rings. The van der Waals surface area contributed by atoms with Crippen LogP contribution in [-0.4, -0.2) is 36.3 Å². The first kappa shape index (κ1) is 13.9. The van der Waals surface area contributed by atoms with Gasteiger partial charge < -0.3 is 4.90 Å². The maximum absolute atomic E-state index is 13.8. The Balaban J connectivity index is 2.18. The van der Waals surface area contributed by atoms with Gasteiger partial charge >= 0.3 is 0 Å². The molecule has 103 valence electrons. The van der Waals surface area contributed by atoms with Gasteiger partial charge in [0.2, 0.25) is 5.91 Å². The van der Waals surface area contributed by atoms with Gasteiger partial charge in [-0.15, -0.1) is 0 Å². The number of halogens is 2. The average molecular weight is 267 g/mol. The molecule has 1 fully saturated rings. The number of likely N-dealkylation sites (N-methyl/N-ethyl adjacent to an activating group) is 1. The van der Waals surface area contributed by atoms with E-state index in [4.69, 9.17) is 0 Å². The fourth-order valence-electron chi connectivity index (χ4n) is 2.30. The van der Waals surface area contributed by atoms with Gasteiger partial charge in [0.15, 0.2) is 0 Å². The van der Waals surface area contributed by atoms with Crippen LogP contribution >= 0.6 is 0 Å². The molecule has 0 aliphatic carbocycles. The zero-order valence-corrected chi connectivity index (χ0v) is 11.1. The van der Waals surface area contributed by atoms with Crippen molar-refractivity contribution in [1.29, 1.82) is 0 Å². The Kier molecular flexibility index (Phi) is 4.14. The molecule has 0 bridgehead atoms. The Morgan fingerprint density at radius 1 is 1.42 bits per heavy atom. The topological polar surface area (TPSA) is 23.6 Å². The van der Waals surface area contributed by atoms with E-state index in [1.165, 1.54) is 17.5 Å². The summed E-state index contributed by atoms with van der Waals surface area (Å²) < 4.78 is 27.0. The summed E-state index contributed by atoms with van der Waals surface area (Å²) in [5.41, 5.74) is 0.320. The van der Waals surface area contributed by atoms with E-state index in [1.807, 2.05) is 0 Å². The molecule has 3 nitrogen and oxygen atoms in total. The molecule has 1 saturated heterocycles. The van der Waals surface area contributed by atoms with Crippen LogP contribution in [0.2, 0.25) is 0 Å². The molecule has 0 saturated carbocycles. The van der Waals surface area contributed by atoms with E-state index < -0.39 is 11.6 Å². The normalized spacial score (nSPS) is 19.7. The maximum atomic E-state index is 13.8. The number of hydrogen-bond acceptors (Lipinski definition) is 2. The molecule has 1 radical (unpaired) electrons. The number of carbonyl (C=O) groups is 1. The second-order valence-electron chi connectivity index (χ2n) is 4.92. The molecule has 0 N–H and O–H groups in total. The lowest BCUT2D eigenvalue weighted by Gasteiger charge is -2.25. The van der Waals surface area contributed by atoms with E-state index in [9.17, 15) is 13.6 Å². The number of likely N-dealkylation sites (tertiary alicyclic amines) is 1. The molecule has 0 unspecified atom stereocenters.